The molecule has 0 unspecified atom stereocenters. The van der Waals surface area contributed by atoms with Crippen molar-refractivity contribution in [3.05, 3.63) is 18.2 Å². The summed E-state index contributed by atoms with van der Waals surface area (Å²) >= 11 is 1.84. The van der Waals surface area contributed by atoms with Crippen LogP contribution in [0.4, 0.5) is 0 Å². The van der Waals surface area contributed by atoms with Crippen LogP contribution in [-0.2, 0) is 0 Å². The number of carboxylic acids is 1. The van der Waals surface area contributed by atoms with E-state index >= 15 is 0 Å². The second kappa shape index (κ2) is 2.34. The number of hydrogen-bond donors (Lipinski definition) is 1. The maximum absolute atomic E-state index is 10.2. The van der Waals surface area contributed by atoms with E-state index in [1.807, 2.05) is 22.9 Å². The number of aromatic carboxylic acids is 1. The van der Waals surface area contributed by atoms with E-state index in [0.717, 1.165) is 0 Å². The van der Waals surface area contributed by atoms with Gasteiger partial charge in [0.15, 0.2) is 5.69 Å². The van der Waals surface area contributed by atoms with E-state index in [2.05, 4.69) is 4.98 Å². The Morgan fingerprint density at radius 1 is 1.89 bits per heavy atom. The Hall–Kier alpha value is -0.590. The minimum absolute atomic E-state index is 0.190. The van der Waals surface area contributed by atoms with Crippen LogP contribution in [0.1, 0.15) is 10.5 Å². The molecule has 0 aliphatic heterocycles. The summed E-state index contributed by atoms with van der Waals surface area (Å²) in [6, 6.07) is 0. The Labute approximate surface area is 65.0 Å². The second-order valence-electron chi connectivity index (χ2n) is 1.40. The van der Waals surface area contributed by atoms with E-state index in [4.69, 9.17) is 5.11 Å². The number of aromatic nitrogens is 2. The topological polar surface area (TPSA) is 55.1 Å². The summed E-state index contributed by atoms with van der Waals surface area (Å²) < 4.78 is 1.42. The third-order valence-electron chi connectivity index (χ3n) is 0.814. The highest BCUT2D eigenvalue weighted by atomic mass is 127. The Kier molecular flexibility index (Phi) is 1.70. The lowest BCUT2D eigenvalue weighted by molar-refractivity contribution is 0.0690. The van der Waals surface area contributed by atoms with Crippen LogP contribution in [0.5, 0.6) is 0 Å². The highest BCUT2D eigenvalue weighted by Crippen LogP contribution is 2.01. The SMILES string of the molecule is O=C(O)c1cncn1I. The highest BCUT2D eigenvalue weighted by Gasteiger charge is 2.05. The Morgan fingerprint density at radius 2 is 2.56 bits per heavy atom. The summed E-state index contributed by atoms with van der Waals surface area (Å²) in [4.78, 5) is 13.8. The lowest BCUT2D eigenvalue weighted by Gasteiger charge is -1.88. The van der Waals surface area contributed by atoms with Crippen molar-refractivity contribution < 1.29 is 9.90 Å². The third kappa shape index (κ3) is 1.21. The summed E-state index contributed by atoms with van der Waals surface area (Å²) in [5.41, 5.74) is 0.190. The molecule has 1 rings (SSSR count). The van der Waals surface area contributed by atoms with Gasteiger partial charge in [-0.15, -0.1) is 0 Å². The van der Waals surface area contributed by atoms with Gasteiger partial charge < -0.3 is 5.11 Å². The molecule has 0 aliphatic carbocycles. The van der Waals surface area contributed by atoms with E-state index in [0.29, 0.717) is 0 Å². The lowest BCUT2D eigenvalue weighted by atomic mass is 10.5. The Balaban J connectivity index is 3.08. The van der Waals surface area contributed by atoms with E-state index < -0.39 is 5.97 Å². The van der Waals surface area contributed by atoms with E-state index in [9.17, 15) is 4.79 Å². The van der Waals surface area contributed by atoms with Gasteiger partial charge in [0.25, 0.3) is 0 Å². The van der Waals surface area contributed by atoms with Crippen LogP contribution in [0.25, 0.3) is 0 Å². The smallest absolute Gasteiger partial charge is 0.354 e. The standard InChI is InChI=1S/C4H3IN2O2/c5-7-2-6-1-3(7)4(8)9/h1-2H,(H,8,9). The van der Waals surface area contributed by atoms with E-state index in [1.54, 1.807) is 0 Å². The van der Waals surface area contributed by atoms with Gasteiger partial charge in [-0.2, -0.15) is 0 Å². The molecule has 1 aromatic heterocycles. The second-order valence-corrected chi connectivity index (χ2v) is 2.43. The molecule has 1 aromatic rings. The fourth-order valence-corrected chi connectivity index (χ4v) is 0.901. The van der Waals surface area contributed by atoms with Crippen LogP contribution in [-0.4, -0.2) is 18.8 Å². The van der Waals surface area contributed by atoms with Crippen LogP contribution >= 0.6 is 22.9 Å². The third-order valence-corrected chi connectivity index (χ3v) is 1.58. The first kappa shape index (κ1) is 6.53. The highest BCUT2D eigenvalue weighted by molar-refractivity contribution is 14.1. The molecule has 0 fully saturated rings. The van der Waals surface area contributed by atoms with Crippen molar-refractivity contribution in [3.8, 4) is 0 Å². The molecule has 5 heteroatoms. The molecular weight excluding hydrogens is 235 g/mol. The van der Waals surface area contributed by atoms with Crippen LogP contribution in [0.2, 0.25) is 0 Å². The largest absolute Gasteiger partial charge is 0.477 e. The van der Waals surface area contributed by atoms with Crippen molar-refractivity contribution >= 4 is 28.8 Å². The first-order valence-electron chi connectivity index (χ1n) is 2.13. The molecule has 0 saturated heterocycles. The fourth-order valence-electron chi connectivity index (χ4n) is 0.426. The number of halogens is 1. The Bertz CT molecular complexity index is 232. The first-order chi connectivity index (χ1) is 4.22. The predicted octanol–water partition coefficient (Wildman–Crippen LogP) is 0.779. The van der Waals surface area contributed by atoms with Crippen molar-refractivity contribution in [3.63, 3.8) is 0 Å². The molecule has 0 spiro atoms. The van der Waals surface area contributed by atoms with Gasteiger partial charge in [-0.25, -0.2) is 9.78 Å². The molecule has 1 N–H and O–H groups in total. The van der Waals surface area contributed by atoms with Crippen LogP contribution in [0.15, 0.2) is 12.5 Å². The average molecular weight is 238 g/mol. The van der Waals surface area contributed by atoms with Crippen LogP contribution in [0, 0.1) is 0 Å². The predicted molar refractivity (Wildman–Crippen MR) is 38.6 cm³/mol. The van der Waals surface area contributed by atoms with E-state index in [1.165, 1.54) is 15.3 Å². The minimum Gasteiger partial charge on any atom is -0.477 e. The summed E-state index contributed by atoms with van der Waals surface area (Å²) in [6.07, 6.45) is 2.73. The molecule has 0 atom stereocenters. The number of carboxylic acid groups (broad SMARTS) is 1. The van der Waals surface area contributed by atoms with Crippen molar-refractivity contribution in [2.45, 2.75) is 0 Å². The summed E-state index contributed by atoms with van der Waals surface area (Å²) in [5, 5.41) is 8.39. The molecular formula is C4H3IN2O2. The summed E-state index contributed by atoms with van der Waals surface area (Å²) in [6.45, 7) is 0. The number of rotatable bonds is 1. The summed E-state index contributed by atoms with van der Waals surface area (Å²) in [7, 11) is 0. The monoisotopic (exact) mass is 238 g/mol. The van der Waals surface area contributed by atoms with Crippen LogP contribution < -0.4 is 0 Å². The van der Waals surface area contributed by atoms with Gasteiger partial charge in [0, 0.05) is 0 Å². The normalized spacial score (nSPS) is 9.44. The molecule has 0 bridgehead atoms. The zero-order valence-electron chi connectivity index (χ0n) is 4.28. The molecule has 1 heterocycles. The zero-order valence-corrected chi connectivity index (χ0v) is 6.44. The molecule has 0 amide bonds. The van der Waals surface area contributed by atoms with Gasteiger partial charge in [-0.05, 0) is 0 Å². The van der Waals surface area contributed by atoms with Gasteiger partial charge in [-0.3, -0.25) is 2.78 Å². The maximum Gasteiger partial charge on any atom is 0.354 e. The molecule has 4 nitrogen and oxygen atoms in total. The van der Waals surface area contributed by atoms with Crippen molar-refractivity contribution in [1.29, 1.82) is 0 Å². The molecule has 0 radical (unpaired) electrons. The number of hydrogen-bond acceptors (Lipinski definition) is 2. The minimum atomic E-state index is -0.957. The van der Waals surface area contributed by atoms with Gasteiger partial charge >= 0.3 is 5.97 Å². The molecule has 0 aliphatic rings. The van der Waals surface area contributed by atoms with Crippen molar-refractivity contribution in [2.75, 3.05) is 0 Å². The lowest BCUT2D eigenvalue weighted by Crippen LogP contribution is -1.98. The van der Waals surface area contributed by atoms with E-state index in [-0.39, 0.29) is 5.69 Å². The zero-order chi connectivity index (χ0) is 6.85. The van der Waals surface area contributed by atoms with Gasteiger partial charge in [0.05, 0.1) is 29.1 Å². The van der Waals surface area contributed by atoms with Gasteiger partial charge in [0.1, 0.15) is 6.33 Å². The molecule has 48 valence electrons. The van der Waals surface area contributed by atoms with Crippen LogP contribution in [0.3, 0.4) is 0 Å². The van der Waals surface area contributed by atoms with Crippen molar-refractivity contribution in [2.24, 2.45) is 0 Å². The number of nitrogens with zero attached hydrogens (tertiary/aromatic N) is 2. The molecule has 0 aromatic carbocycles. The fraction of sp³-hybridized carbons (Fsp3) is 0. The molecule has 9 heavy (non-hydrogen) atoms. The number of carbonyl (C=O) groups is 1. The van der Waals surface area contributed by atoms with Crippen molar-refractivity contribution in [1.82, 2.24) is 7.76 Å². The summed E-state index contributed by atoms with van der Waals surface area (Å²) in [5.74, 6) is -0.957. The van der Waals surface area contributed by atoms with Gasteiger partial charge in [0.2, 0.25) is 0 Å². The number of imidazole rings is 1. The quantitative estimate of drug-likeness (QED) is 0.735. The maximum atomic E-state index is 10.2. The molecule has 0 saturated carbocycles. The first-order valence-corrected chi connectivity index (χ1v) is 3.10. The average Bonchev–Trinajstić information content (AvgIpc) is 2.13. The van der Waals surface area contributed by atoms with Gasteiger partial charge in [-0.1, -0.05) is 0 Å². The Morgan fingerprint density at radius 3 is 2.78 bits per heavy atom.